The normalized spacial score (nSPS) is 24.9. The SMILES string of the molecule is C[C@@]1(c2cc(Br)ccc2F)CN1[Si]=O. The van der Waals surface area contributed by atoms with Gasteiger partial charge in [-0.3, -0.25) is 0 Å². The van der Waals surface area contributed by atoms with Gasteiger partial charge in [0.2, 0.25) is 0 Å². The van der Waals surface area contributed by atoms with E-state index in [1.807, 2.05) is 6.92 Å². The number of halogens is 2. The summed E-state index contributed by atoms with van der Waals surface area (Å²) in [5, 5.41) is 0. The second-order valence-electron chi connectivity index (χ2n) is 3.58. The fraction of sp³-hybridized carbons (Fsp3) is 0.333. The van der Waals surface area contributed by atoms with E-state index in [0.717, 1.165) is 4.47 Å². The smallest absolute Gasteiger partial charge is 0.360 e. The van der Waals surface area contributed by atoms with Gasteiger partial charge in [-0.05, 0) is 25.1 Å². The maximum Gasteiger partial charge on any atom is 0.467 e. The lowest BCUT2D eigenvalue weighted by Gasteiger charge is -2.11. The van der Waals surface area contributed by atoms with Gasteiger partial charge in [-0.15, -0.1) is 0 Å². The molecule has 1 aliphatic rings. The van der Waals surface area contributed by atoms with Crippen LogP contribution in [0.4, 0.5) is 4.39 Å². The van der Waals surface area contributed by atoms with E-state index in [4.69, 9.17) is 0 Å². The van der Waals surface area contributed by atoms with E-state index in [2.05, 4.69) is 15.9 Å². The second kappa shape index (κ2) is 3.24. The van der Waals surface area contributed by atoms with E-state index in [1.54, 1.807) is 16.7 Å². The Kier molecular flexibility index (Phi) is 2.31. The molecule has 0 aromatic heterocycles. The summed E-state index contributed by atoms with van der Waals surface area (Å²) >= 11 is 3.30. The highest BCUT2D eigenvalue weighted by Crippen LogP contribution is 2.42. The van der Waals surface area contributed by atoms with Crippen LogP contribution in [-0.2, 0) is 10.0 Å². The standard InChI is InChI=1S/C9H8BrFNOSi/c1-9(5-12(9)14-13)7-4-6(10)2-3-8(7)11/h2-4H,5H2,1H3/t9-,12?/m0/s1. The van der Waals surface area contributed by atoms with Crippen molar-refractivity contribution in [1.82, 2.24) is 4.57 Å². The van der Waals surface area contributed by atoms with Gasteiger partial charge in [0.05, 0.1) is 5.54 Å². The van der Waals surface area contributed by atoms with Crippen molar-refractivity contribution in [2.45, 2.75) is 12.5 Å². The monoisotopic (exact) mass is 272 g/mol. The number of hydrogen-bond donors (Lipinski definition) is 0. The number of benzene rings is 1. The lowest BCUT2D eigenvalue weighted by atomic mass is 10.0. The van der Waals surface area contributed by atoms with Crippen LogP contribution in [0.3, 0.4) is 0 Å². The van der Waals surface area contributed by atoms with Crippen LogP contribution in [0, 0.1) is 5.82 Å². The van der Waals surface area contributed by atoms with Crippen molar-refractivity contribution in [2.75, 3.05) is 6.54 Å². The van der Waals surface area contributed by atoms with E-state index in [9.17, 15) is 8.85 Å². The van der Waals surface area contributed by atoms with Crippen LogP contribution in [-0.4, -0.2) is 20.7 Å². The summed E-state index contributed by atoms with van der Waals surface area (Å²) in [7, 11) is -0.503. The molecule has 73 valence electrons. The summed E-state index contributed by atoms with van der Waals surface area (Å²) < 4.78 is 26.7. The molecule has 0 bridgehead atoms. The third-order valence-electron chi connectivity index (χ3n) is 2.58. The predicted octanol–water partition coefficient (Wildman–Crippen LogP) is 2.08. The van der Waals surface area contributed by atoms with Crippen molar-refractivity contribution < 1.29 is 8.85 Å². The first kappa shape index (κ1) is 9.98. The molecular weight excluding hydrogens is 265 g/mol. The van der Waals surface area contributed by atoms with Crippen LogP contribution in [0.15, 0.2) is 22.7 Å². The Hall–Kier alpha value is -0.553. The first-order chi connectivity index (χ1) is 6.58. The van der Waals surface area contributed by atoms with Gasteiger partial charge >= 0.3 is 9.57 Å². The summed E-state index contributed by atoms with van der Waals surface area (Å²) in [5.74, 6) is -0.239. The second-order valence-corrected chi connectivity index (χ2v) is 5.21. The number of hydrogen-bond acceptors (Lipinski definition) is 1. The van der Waals surface area contributed by atoms with E-state index in [-0.39, 0.29) is 11.4 Å². The number of rotatable bonds is 2. The highest BCUT2D eigenvalue weighted by molar-refractivity contribution is 9.10. The van der Waals surface area contributed by atoms with E-state index < -0.39 is 9.57 Å². The largest absolute Gasteiger partial charge is 0.467 e. The molecule has 5 heteroatoms. The van der Waals surface area contributed by atoms with Crippen molar-refractivity contribution in [1.29, 1.82) is 0 Å². The Morgan fingerprint density at radius 1 is 1.64 bits per heavy atom. The van der Waals surface area contributed by atoms with Crippen molar-refractivity contribution in [3.63, 3.8) is 0 Å². The quantitative estimate of drug-likeness (QED) is 0.607. The van der Waals surface area contributed by atoms with E-state index in [0.29, 0.717) is 12.1 Å². The van der Waals surface area contributed by atoms with Crippen molar-refractivity contribution in [3.8, 4) is 0 Å². The maximum absolute atomic E-state index is 13.5. The first-order valence-corrected chi connectivity index (χ1v) is 5.84. The fourth-order valence-corrected chi connectivity index (χ4v) is 2.60. The van der Waals surface area contributed by atoms with Gasteiger partial charge in [-0.1, -0.05) is 15.9 Å². The molecule has 1 aromatic carbocycles. The molecule has 1 radical (unpaired) electrons. The lowest BCUT2D eigenvalue weighted by molar-refractivity contribution is 0.503. The summed E-state index contributed by atoms with van der Waals surface area (Å²) in [6.45, 7) is 2.55. The van der Waals surface area contributed by atoms with Gasteiger partial charge in [0.25, 0.3) is 0 Å². The molecule has 1 aliphatic heterocycles. The maximum atomic E-state index is 13.5. The molecule has 1 atom stereocenters. The fourth-order valence-electron chi connectivity index (χ4n) is 1.55. The molecule has 2 rings (SSSR count). The van der Waals surface area contributed by atoms with Gasteiger partial charge in [-0.25, -0.2) is 4.39 Å². The molecule has 0 saturated carbocycles. The van der Waals surface area contributed by atoms with Gasteiger partial charge in [0, 0.05) is 16.6 Å². The topological polar surface area (TPSA) is 20.1 Å². The van der Waals surface area contributed by atoms with Gasteiger partial charge in [-0.2, -0.15) is 0 Å². The van der Waals surface area contributed by atoms with Crippen molar-refractivity contribution in [2.24, 2.45) is 0 Å². The van der Waals surface area contributed by atoms with Crippen molar-refractivity contribution in [3.05, 3.63) is 34.1 Å². The molecule has 14 heavy (non-hydrogen) atoms. The zero-order chi connectivity index (χ0) is 10.3. The third kappa shape index (κ3) is 1.44. The van der Waals surface area contributed by atoms with Crippen molar-refractivity contribution >= 4 is 25.5 Å². The molecule has 1 saturated heterocycles. The Morgan fingerprint density at radius 3 is 2.93 bits per heavy atom. The Bertz CT molecular complexity index is 400. The molecule has 1 fully saturated rings. The molecule has 0 spiro atoms. The Labute approximate surface area is 92.2 Å². The van der Waals surface area contributed by atoms with Gasteiger partial charge in [0.15, 0.2) is 0 Å². The minimum Gasteiger partial charge on any atom is -0.360 e. The third-order valence-corrected chi connectivity index (χ3v) is 3.94. The Morgan fingerprint density at radius 2 is 2.36 bits per heavy atom. The summed E-state index contributed by atoms with van der Waals surface area (Å²) in [6, 6.07) is 4.83. The first-order valence-electron chi connectivity index (χ1n) is 4.19. The summed E-state index contributed by atoms with van der Waals surface area (Å²) in [4.78, 5) is 0. The molecule has 0 N–H and O–H groups in total. The van der Waals surface area contributed by atoms with E-state index >= 15 is 0 Å². The molecule has 0 unspecified atom stereocenters. The molecule has 2 nitrogen and oxygen atoms in total. The molecular formula is C9H8BrFNOSi. The predicted molar refractivity (Wildman–Crippen MR) is 54.6 cm³/mol. The zero-order valence-corrected chi connectivity index (χ0v) is 10.1. The van der Waals surface area contributed by atoms with Gasteiger partial charge in [0.1, 0.15) is 5.82 Å². The molecule has 1 heterocycles. The highest BCUT2D eigenvalue weighted by Gasteiger charge is 2.50. The van der Waals surface area contributed by atoms with Crippen LogP contribution in [0.5, 0.6) is 0 Å². The van der Waals surface area contributed by atoms with Crippen LogP contribution in [0.1, 0.15) is 12.5 Å². The summed E-state index contributed by atoms with van der Waals surface area (Å²) in [5.41, 5.74) is 0.226. The Balaban J connectivity index is 2.42. The number of nitrogens with zero attached hydrogens (tertiary/aromatic N) is 1. The van der Waals surface area contributed by atoms with Crippen LogP contribution < -0.4 is 0 Å². The minimum absolute atomic E-state index is 0.239. The molecule has 0 amide bonds. The highest BCUT2D eigenvalue weighted by atomic mass is 79.9. The van der Waals surface area contributed by atoms with Crippen LogP contribution in [0.25, 0.3) is 0 Å². The van der Waals surface area contributed by atoms with E-state index in [1.165, 1.54) is 6.07 Å². The molecule has 1 aromatic rings. The van der Waals surface area contributed by atoms with Crippen LogP contribution >= 0.6 is 15.9 Å². The van der Waals surface area contributed by atoms with Crippen LogP contribution in [0.2, 0.25) is 0 Å². The zero-order valence-electron chi connectivity index (χ0n) is 7.55. The van der Waals surface area contributed by atoms with Gasteiger partial charge < -0.3 is 9.03 Å². The lowest BCUT2D eigenvalue weighted by Crippen LogP contribution is -2.13. The summed E-state index contributed by atoms with van der Waals surface area (Å²) in [6.07, 6.45) is 0. The average Bonchev–Trinajstić information content (AvgIpc) is 2.83. The minimum atomic E-state index is -0.503. The average molecular weight is 273 g/mol. The molecule has 0 aliphatic carbocycles.